The van der Waals surface area contributed by atoms with Crippen molar-refractivity contribution in [1.82, 2.24) is 34.7 Å². The van der Waals surface area contributed by atoms with E-state index in [1.165, 1.54) is 30.3 Å². The molecule has 3 aromatic heterocycles. The quantitative estimate of drug-likeness (QED) is 0.303. The minimum atomic E-state index is -4.04. The van der Waals surface area contributed by atoms with Crippen LogP contribution in [0, 0.1) is 0 Å². The average molecular weight is 610 g/mol. The first-order valence-corrected chi connectivity index (χ1v) is 15.8. The lowest BCUT2D eigenvalue weighted by Crippen LogP contribution is -2.50. The summed E-state index contributed by atoms with van der Waals surface area (Å²) in [6.07, 6.45) is 6.65. The fourth-order valence-electron chi connectivity index (χ4n) is 4.99. The van der Waals surface area contributed by atoms with Crippen LogP contribution < -0.4 is 10.1 Å². The second-order valence-electron chi connectivity index (χ2n) is 10.6. The van der Waals surface area contributed by atoms with Crippen molar-refractivity contribution in [2.24, 2.45) is 0 Å². The number of nitrogens with one attached hydrogen (secondary N) is 1. The van der Waals surface area contributed by atoms with Gasteiger partial charge in [0.15, 0.2) is 0 Å². The summed E-state index contributed by atoms with van der Waals surface area (Å²) in [4.78, 5) is 15.8. The number of rotatable bonds is 9. The number of nitrogens with zero attached hydrogens (tertiary/aromatic N) is 6. The van der Waals surface area contributed by atoms with Gasteiger partial charge in [0, 0.05) is 55.7 Å². The molecule has 1 N–H and O–H groups in total. The highest BCUT2D eigenvalue weighted by atomic mass is 32.2. The van der Waals surface area contributed by atoms with Crippen LogP contribution in [0.3, 0.4) is 0 Å². The summed E-state index contributed by atoms with van der Waals surface area (Å²) < 4.78 is 41.1. The largest absolute Gasteiger partial charge is 0.493 e. The molecule has 0 aliphatic carbocycles. The molecule has 5 heterocycles. The highest BCUT2D eigenvalue weighted by Gasteiger charge is 2.37. The van der Waals surface area contributed by atoms with Gasteiger partial charge >= 0.3 is 0 Å². The van der Waals surface area contributed by atoms with Gasteiger partial charge in [-0.3, -0.25) is 14.0 Å². The lowest BCUT2D eigenvalue weighted by atomic mass is 9.98. The molecule has 2 aliphatic heterocycles. The lowest BCUT2D eigenvalue weighted by molar-refractivity contribution is -0.124. The Hall–Kier alpha value is -4.01. The van der Waals surface area contributed by atoms with E-state index in [0.29, 0.717) is 35.3 Å². The third kappa shape index (κ3) is 5.44. The monoisotopic (exact) mass is 609 g/mol. The molecule has 6 rings (SSSR count). The lowest BCUT2D eigenvalue weighted by Gasteiger charge is -2.30. The number of hydrogen-bond acceptors (Lipinski definition) is 10. The Morgan fingerprint density at radius 3 is 2.86 bits per heavy atom. The Kier molecular flexibility index (Phi) is 7.60. The van der Waals surface area contributed by atoms with Gasteiger partial charge in [-0.05, 0) is 44.7 Å². The number of carbonyl (C=O) groups excluding carboxylic acids is 1. The molecular weight excluding hydrogens is 578 g/mol. The van der Waals surface area contributed by atoms with Crippen molar-refractivity contribution in [3.05, 3.63) is 78.1 Å². The van der Waals surface area contributed by atoms with Crippen molar-refractivity contribution in [1.29, 1.82) is 0 Å². The number of fused-ring (bicyclic) bond motifs is 1. The number of amides is 1. The van der Waals surface area contributed by atoms with E-state index in [-0.39, 0.29) is 16.7 Å². The van der Waals surface area contributed by atoms with E-state index in [2.05, 4.69) is 64.8 Å². The fourth-order valence-corrected chi connectivity index (χ4v) is 7.82. The number of ether oxygens (including phenoxy) is 1. The van der Waals surface area contributed by atoms with Crippen LogP contribution in [0.25, 0.3) is 10.6 Å². The van der Waals surface area contributed by atoms with Crippen LogP contribution in [-0.4, -0.2) is 69.4 Å². The van der Waals surface area contributed by atoms with Crippen molar-refractivity contribution in [2.45, 2.75) is 55.6 Å². The van der Waals surface area contributed by atoms with Gasteiger partial charge in [0.05, 0.1) is 23.2 Å². The number of carbonyl (C=O) groups is 1. The van der Waals surface area contributed by atoms with E-state index in [1.54, 1.807) is 23.0 Å². The predicted molar refractivity (Wildman–Crippen MR) is 155 cm³/mol. The molecule has 12 nitrogen and oxygen atoms in total. The molecule has 1 aromatic carbocycles. The Labute approximate surface area is 247 Å². The Bertz CT molecular complexity index is 1710. The SMILES string of the molecule is CC(C)N(C)Cc1ccc2c(c1)OCCC2n1cc(CC2C(=O)NC=CN2S(=O)(=O)c2ccc(-c3ccon3)s2)nn1. The average Bonchev–Trinajstić information content (AvgIpc) is 3.76. The fraction of sp³-hybridized carbons (Fsp3) is 0.357. The summed E-state index contributed by atoms with van der Waals surface area (Å²) in [6, 6.07) is 10.4. The molecule has 2 aliphatic rings. The van der Waals surface area contributed by atoms with Crippen LogP contribution in [0.2, 0.25) is 0 Å². The molecule has 14 heteroatoms. The van der Waals surface area contributed by atoms with Gasteiger partial charge in [-0.1, -0.05) is 22.5 Å². The maximum absolute atomic E-state index is 13.6. The van der Waals surface area contributed by atoms with Crippen LogP contribution >= 0.6 is 11.3 Å². The zero-order valence-corrected chi connectivity index (χ0v) is 25.0. The van der Waals surface area contributed by atoms with Crippen molar-refractivity contribution in [3.63, 3.8) is 0 Å². The van der Waals surface area contributed by atoms with E-state index in [9.17, 15) is 13.2 Å². The third-order valence-electron chi connectivity index (χ3n) is 7.54. The zero-order valence-electron chi connectivity index (χ0n) is 23.4. The molecule has 220 valence electrons. The van der Waals surface area contributed by atoms with E-state index in [1.807, 2.05) is 0 Å². The van der Waals surface area contributed by atoms with Crippen molar-refractivity contribution >= 4 is 27.3 Å². The highest BCUT2D eigenvalue weighted by Crippen LogP contribution is 2.36. The third-order valence-corrected chi connectivity index (χ3v) is 10.9. The van der Waals surface area contributed by atoms with Crippen molar-refractivity contribution in [2.75, 3.05) is 13.7 Å². The smallest absolute Gasteiger partial charge is 0.274 e. The summed E-state index contributed by atoms with van der Waals surface area (Å²) >= 11 is 1.06. The maximum atomic E-state index is 13.6. The molecular formula is C28H31N7O5S2. The number of hydrogen-bond donors (Lipinski definition) is 1. The van der Waals surface area contributed by atoms with Crippen LogP contribution in [0.1, 0.15) is 43.1 Å². The van der Waals surface area contributed by atoms with Crippen LogP contribution in [0.5, 0.6) is 5.75 Å². The Morgan fingerprint density at radius 1 is 1.21 bits per heavy atom. The maximum Gasteiger partial charge on any atom is 0.274 e. The first-order valence-electron chi connectivity index (χ1n) is 13.6. The Morgan fingerprint density at radius 2 is 2.07 bits per heavy atom. The number of sulfonamides is 1. The summed E-state index contributed by atoms with van der Waals surface area (Å²) in [5.74, 6) is 0.382. The van der Waals surface area contributed by atoms with Gasteiger partial charge < -0.3 is 14.6 Å². The molecule has 4 aromatic rings. The number of aromatic nitrogens is 4. The van der Waals surface area contributed by atoms with Crippen molar-refractivity contribution < 1.29 is 22.5 Å². The summed E-state index contributed by atoms with van der Waals surface area (Å²) in [6.45, 7) is 5.67. The van der Waals surface area contributed by atoms with E-state index >= 15 is 0 Å². The number of benzene rings is 1. The van der Waals surface area contributed by atoms with Gasteiger partial charge in [-0.2, -0.15) is 0 Å². The van der Waals surface area contributed by atoms with E-state index in [0.717, 1.165) is 33.5 Å². The summed E-state index contributed by atoms with van der Waals surface area (Å²) in [7, 11) is -1.94. The second kappa shape index (κ2) is 11.3. The van der Waals surface area contributed by atoms with Gasteiger partial charge in [0.2, 0.25) is 5.91 Å². The molecule has 0 saturated carbocycles. The number of thiophene rings is 1. The molecule has 0 fully saturated rings. The summed E-state index contributed by atoms with van der Waals surface area (Å²) in [5, 5.41) is 15.2. The zero-order chi connectivity index (χ0) is 29.4. The van der Waals surface area contributed by atoms with Crippen LogP contribution in [-0.2, 0) is 27.8 Å². The minimum absolute atomic E-state index is 0.0491. The van der Waals surface area contributed by atoms with Crippen LogP contribution in [0.4, 0.5) is 0 Å². The van der Waals surface area contributed by atoms with E-state index in [4.69, 9.17) is 9.26 Å². The van der Waals surface area contributed by atoms with E-state index < -0.39 is 22.0 Å². The second-order valence-corrected chi connectivity index (χ2v) is 13.8. The van der Waals surface area contributed by atoms with Gasteiger partial charge in [0.1, 0.15) is 28.0 Å². The molecule has 0 spiro atoms. The molecule has 1 amide bonds. The highest BCUT2D eigenvalue weighted by molar-refractivity contribution is 7.91. The molecule has 42 heavy (non-hydrogen) atoms. The van der Waals surface area contributed by atoms with Crippen molar-refractivity contribution in [3.8, 4) is 16.3 Å². The Balaban J connectivity index is 1.22. The minimum Gasteiger partial charge on any atom is -0.493 e. The molecule has 2 unspecified atom stereocenters. The van der Waals surface area contributed by atoms with Gasteiger partial charge in [0.25, 0.3) is 10.0 Å². The normalized spacial score (nSPS) is 18.8. The molecule has 2 atom stereocenters. The molecule has 0 radical (unpaired) electrons. The van der Waals surface area contributed by atoms with Crippen LogP contribution in [0.15, 0.2) is 70.0 Å². The first kappa shape index (κ1) is 28.1. The predicted octanol–water partition coefficient (Wildman–Crippen LogP) is 3.41. The van der Waals surface area contributed by atoms with Gasteiger partial charge in [-0.25, -0.2) is 13.1 Å². The standard InChI is InChI=1S/C28H31N7O5S2/c1-18(2)33(3)16-19-4-5-21-23(9-12-39-25(21)14-19)34-17-20(30-32-34)15-24-28(36)29-10-11-35(24)42(37,38)27-7-6-26(41-27)22-8-13-40-31-22/h4-8,10-11,13-14,17-18,23-24H,9,12,15-16H2,1-3H3,(H,29,36). The van der Waals surface area contributed by atoms with Gasteiger partial charge in [-0.15, -0.1) is 16.4 Å². The topological polar surface area (TPSA) is 136 Å². The molecule has 0 saturated heterocycles. The summed E-state index contributed by atoms with van der Waals surface area (Å²) in [5.41, 5.74) is 3.22. The first-order chi connectivity index (χ1) is 20.2. The molecule has 0 bridgehead atoms.